The van der Waals surface area contributed by atoms with Crippen LogP contribution in [-0.4, -0.2) is 18.8 Å². The predicted molar refractivity (Wildman–Crippen MR) is 63.9 cm³/mol. The maximum Gasteiger partial charge on any atom is 0.330 e. The fraction of sp³-hybridized carbons (Fsp3) is 0.250. The zero-order chi connectivity index (χ0) is 11.1. The van der Waals surface area contributed by atoms with Gasteiger partial charge < -0.3 is 4.74 Å². The number of esters is 1. The van der Waals surface area contributed by atoms with Gasteiger partial charge in [0, 0.05) is 11.0 Å². The Morgan fingerprint density at radius 2 is 2.33 bits per heavy atom. The van der Waals surface area contributed by atoms with E-state index in [4.69, 9.17) is 0 Å². The third kappa shape index (κ3) is 4.21. The van der Waals surface area contributed by atoms with Crippen LogP contribution in [0.2, 0.25) is 0 Å². The third-order valence-electron chi connectivity index (χ3n) is 1.78. The molecule has 0 bridgehead atoms. The molecular formula is C12H14O2S. The molecule has 0 aromatic heterocycles. The number of methoxy groups -OCH3 is 1. The Kier molecular flexibility index (Phi) is 4.98. The number of hydrogen-bond acceptors (Lipinski definition) is 3. The fourth-order valence-corrected chi connectivity index (χ4v) is 1.83. The van der Waals surface area contributed by atoms with Crippen LogP contribution in [0.3, 0.4) is 0 Å². The molecule has 0 aliphatic heterocycles. The van der Waals surface area contributed by atoms with Crippen molar-refractivity contribution >= 4 is 23.8 Å². The number of rotatable bonds is 4. The Balaban J connectivity index is 2.73. The molecule has 80 valence electrons. The number of benzene rings is 1. The minimum Gasteiger partial charge on any atom is -0.466 e. The highest BCUT2D eigenvalue weighted by molar-refractivity contribution is 7.99. The summed E-state index contributed by atoms with van der Waals surface area (Å²) in [5.74, 6) is 0.716. The van der Waals surface area contributed by atoms with E-state index in [0.29, 0.717) is 0 Å². The molecule has 0 amide bonds. The summed E-state index contributed by atoms with van der Waals surface area (Å²) >= 11 is 1.78. The smallest absolute Gasteiger partial charge is 0.330 e. The van der Waals surface area contributed by atoms with Crippen LogP contribution in [0.1, 0.15) is 12.5 Å². The molecule has 1 aromatic rings. The number of carbonyl (C=O) groups excluding carboxylic acids is 1. The van der Waals surface area contributed by atoms with Gasteiger partial charge in [0.25, 0.3) is 0 Å². The Bertz CT molecular complexity index is 358. The molecule has 1 aromatic carbocycles. The zero-order valence-corrected chi connectivity index (χ0v) is 9.71. The molecule has 0 saturated carbocycles. The van der Waals surface area contributed by atoms with E-state index in [0.717, 1.165) is 11.3 Å². The molecule has 0 aliphatic carbocycles. The van der Waals surface area contributed by atoms with Gasteiger partial charge in [0.15, 0.2) is 0 Å². The standard InChI is InChI=1S/C12H14O2S/c1-3-15-11-6-4-5-10(9-11)7-8-12(13)14-2/h4-9H,3H2,1-2H3. The highest BCUT2D eigenvalue weighted by Crippen LogP contribution is 2.19. The van der Waals surface area contributed by atoms with E-state index in [1.807, 2.05) is 18.2 Å². The van der Waals surface area contributed by atoms with E-state index in [-0.39, 0.29) is 5.97 Å². The molecule has 0 aliphatic rings. The molecular weight excluding hydrogens is 208 g/mol. The molecule has 15 heavy (non-hydrogen) atoms. The van der Waals surface area contributed by atoms with E-state index >= 15 is 0 Å². The summed E-state index contributed by atoms with van der Waals surface area (Å²) in [6.45, 7) is 2.11. The van der Waals surface area contributed by atoms with Gasteiger partial charge in [-0.05, 0) is 29.5 Å². The second kappa shape index (κ2) is 6.30. The normalized spacial score (nSPS) is 10.5. The lowest BCUT2D eigenvalue weighted by atomic mass is 10.2. The molecule has 0 spiro atoms. The highest BCUT2D eigenvalue weighted by atomic mass is 32.2. The van der Waals surface area contributed by atoms with Gasteiger partial charge in [-0.3, -0.25) is 0 Å². The number of hydrogen-bond donors (Lipinski definition) is 0. The Morgan fingerprint density at radius 1 is 1.53 bits per heavy atom. The van der Waals surface area contributed by atoms with Crippen molar-refractivity contribution in [1.29, 1.82) is 0 Å². The Hall–Kier alpha value is -1.22. The van der Waals surface area contributed by atoms with Crippen molar-refractivity contribution in [3.05, 3.63) is 35.9 Å². The highest BCUT2D eigenvalue weighted by Gasteiger charge is 1.94. The van der Waals surface area contributed by atoms with Crippen molar-refractivity contribution in [3.8, 4) is 0 Å². The van der Waals surface area contributed by atoms with Gasteiger partial charge in [-0.2, -0.15) is 0 Å². The van der Waals surface area contributed by atoms with Crippen LogP contribution in [0.4, 0.5) is 0 Å². The minimum atomic E-state index is -0.330. The average Bonchev–Trinajstić information content (AvgIpc) is 2.27. The van der Waals surface area contributed by atoms with Crippen LogP contribution in [-0.2, 0) is 9.53 Å². The maximum absolute atomic E-state index is 10.9. The van der Waals surface area contributed by atoms with E-state index in [1.165, 1.54) is 18.1 Å². The molecule has 0 saturated heterocycles. The first-order valence-electron chi connectivity index (χ1n) is 4.75. The minimum absolute atomic E-state index is 0.330. The summed E-state index contributed by atoms with van der Waals surface area (Å²) in [6.07, 6.45) is 3.18. The molecule has 0 fully saturated rings. The molecule has 0 atom stereocenters. The molecule has 0 radical (unpaired) electrons. The summed E-state index contributed by atoms with van der Waals surface area (Å²) in [5.41, 5.74) is 1.01. The summed E-state index contributed by atoms with van der Waals surface area (Å²) < 4.78 is 4.52. The van der Waals surface area contributed by atoms with Crippen LogP contribution in [0.15, 0.2) is 35.2 Å². The molecule has 0 unspecified atom stereocenters. The molecule has 2 nitrogen and oxygen atoms in total. The molecule has 0 N–H and O–H groups in total. The van der Waals surface area contributed by atoms with Gasteiger partial charge in [-0.1, -0.05) is 19.1 Å². The number of thioether (sulfide) groups is 1. The van der Waals surface area contributed by atoms with Crippen molar-refractivity contribution in [3.63, 3.8) is 0 Å². The van der Waals surface area contributed by atoms with Crippen LogP contribution < -0.4 is 0 Å². The maximum atomic E-state index is 10.9. The Labute approximate surface area is 94.3 Å². The van der Waals surface area contributed by atoms with E-state index in [1.54, 1.807) is 17.8 Å². The lowest BCUT2D eigenvalue weighted by Gasteiger charge is -1.99. The first-order chi connectivity index (χ1) is 7.26. The van der Waals surface area contributed by atoms with Gasteiger partial charge in [0.1, 0.15) is 0 Å². The van der Waals surface area contributed by atoms with Gasteiger partial charge in [-0.25, -0.2) is 4.79 Å². The lowest BCUT2D eigenvalue weighted by molar-refractivity contribution is -0.134. The monoisotopic (exact) mass is 222 g/mol. The van der Waals surface area contributed by atoms with Gasteiger partial charge in [-0.15, -0.1) is 11.8 Å². The van der Waals surface area contributed by atoms with Crippen LogP contribution in [0, 0.1) is 0 Å². The first-order valence-corrected chi connectivity index (χ1v) is 5.73. The number of ether oxygens (including phenoxy) is 1. The largest absolute Gasteiger partial charge is 0.466 e. The van der Waals surface area contributed by atoms with E-state index in [2.05, 4.69) is 17.7 Å². The van der Waals surface area contributed by atoms with Crippen molar-refractivity contribution in [2.75, 3.05) is 12.9 Å². The molecule has 1 rings (SSSR count). The summed E-state index contributed by atoms with van der Waals surface area (Å²) in [6, 6.07) is 8.05. The van der Waals surface area contributed by atoms with Gasteiger partial charge in [0.2, 0.25) is 0 Å². The first kappa shape index (κ1) is 11.9. The average molecular weight is 222 g/mol. The van der Waals surface area contributed by atoms with Crippen molar-refractivity contribution in [2.45, 2.75) is 11.8 Å². The van der Waals surface area contributed by atoms with Crippen molar-refractivity contribution in [2.24, 2.45) is 0 Å². The van der Waals surface area contributed by atoms with Crippen LogP contribution in [0.25, 0.3) is 6.08 Å². The SMILES string of the molecule is CCSc1cccc(C=CC(=O)OC)c1. The van der Waals surface area contributed by atoms with Crippen LogP contribution >= 0.6 is 11.8 Å². The number of carbonyl (C=O) groups is 1. The molecule has 0 heterocycles. The van der Waals surface area contributed by atoms with Crippen molar-refractivity contribution in [1.82, 2.24) is 0 Å². The third-order valence-corrected chi connectivity index (χ3v) is 2.66. The second-order valence-electron chi connectivity index (χ2n) is 2.86. The van der Waals surface area contributed by atoms with Crippen LogP contribution in [0.5, 0.6) is 0 Å². The Morgan fingerprint density at radius 3 is 3.00 bits per heavy atom. The zero-order valence-electron chi connectivity index (χ0n) is 8.90. The molecule has 3 heteroatoms. The van der Waals surface area contributed by atoms with E-state index < -0.39 is 0 Å². The summed E-state index contributed by atoms with van der Waals surface area (Å²) in [4.78, 5) is 12.1. The summed E-state index contributed by atoms with van der Waals surface area (Å²) in [5, 5.41) is 0. The quantitative estimate of drug-likeness (QED) is 0.445. The van der Waals surface area contributed by atoms with E-state index in [9.17, 15) is 4.79 Å². The predicted octanol–water partition coefficient (Wildman–Crippen LogP) is 2.98. The fourth-order valence-electron chi connectivity index (χ4n) is 1.11. The van der Waals surface area contributed by atoms with Gasteiger partial charge >= 0.3 is 5.97 Å². The van der Waals surface area contributed by atoms with Crippen molar-refractivity contribution < 1.29 is 9.53 Å². The second-order valence-corrected chi connectivity index (χ2v) is 4.20. The lowest BCUT2D eigenvalue weighted by Crippen LogP contribution is -1.93. The summed E-state index contributed by atoms with van der Waals surface area (Å²) in [7, 11) is 1.37. The topological polar surface area (TPSA) is 26.3 Å². The van der Waals surface area contributed by atoms with Gasteiger partial charge in [0.05, 0.1) is 7.11 Å².